The molecule has 3 N–H and O–H groups in total. The third kappa shape index (κ3) is 4.63. The first-order chi connectivity index (χ1) is 9.66. The summed E-state index contributed by atoms with van der Waals surface area (Å²) in [4.78, 5) is 7.04. The molecular weight excluding hydrogens is 252 g/mol. The largest absolute Gasteiger partial charge is 0.376 e. The predicted molar refractivity (Wildman–Crippen MR) is 82.9 cm³/mol. The Balaban J connectivity index is 1.69. The number of hydrogen-bond acceptors (Lipinski definition) is 3. The van der Waals surface area contributed by atoms with Crippen molar-refractivity contribution in [3.63, 3.8) is 0 Å². The molecule has 0 radical (unpaired) electrons. The van der Waals surface area contributed by atoms with Crippen molar-refractivity contribution in [1.29, 1.82) is 0 Å². The molecule has 0 aromatic carbocycles. The van der Waals surface area contributed by atoms with Gasteiger partial charge in [0.1, 0.15) is 0 Å². The van der Waals surface area contributed by atoms with Crippen molar-refractivity contribution in [3.8, 4) is 0 Å². The molecule has 0 spiro atoms. The highest BCUT2D eigenvalue weighted by atomic mass is 16.5. The summed E-state index contributed by atoms with van der Waals surface area (Å²) in [6.07, 6.45) is 6.57. The summed E-state index contributed by atoms with van der Waals surface area (Å²) >= 11 is 0. The average molecular weight is 282 g/mol. The first-order valence-corrected chi connectivity index (χ1v) is 8.08. The lowest BCUT2D eigenvalue weighted by molar-refractivity contribution is 0.113. The third-order valence-electron chi connectivity index (χ3n) is 4.48. The molecule has 116 valence electrons. The zero-order valence-corrected chi connectivity index (χ0v) is 13.0. The number of aliphatic imine (C=N–C) groups is 1. The van der Waals surface area contributed by atoms with E-state index >= 15 is 0 Å². The topological polar surface area (TPSA) is 62.9 Å². The number of rotatable bonds is 5. The maximum atomic E-state index is 5.93. The zero-order valence-electron chi connectivity index (χ0n) is 13.0. The van der Waals surface area contributed by atoms with Crippen LogP contribution in [0.3, 0.4) is 0 Å². The number of nitrogens with zero attached hydrogens (tertiary/aromatic N) is 2. The van der Waals surface area contributed by atoms with E-state index in [4.69, 9.17) is 10.5 Å². The first kappa shape index (κ1) is 15.6. The van der Waals surface area contributed by atoms with Gasteiger partial charge in [0.2, 0.25) is 0 Å². The fourth-order valence-corrected chi connectivity index (χ4v) is 3.19. The van der Waals surface area contributed by atoms with Gasteiger partial charge >= 0.3 is 0 Å². The number of ether oxygens (including phenoxy) is 1. The van der Waals surface area contributed by atoms with Gasteiger partial charge in [-0.15, -0.1) is 0 Å². The molecule has 2 rings (SSSR count). The van der Waals surface area contributed by atoms with Crippen LogP contribution < -0.4 is 11.1 Å². The van der Waals surface area contributed by atoms with E-state index in [-0.39, 0.29) is 0 Å². The first-order valence-electron chi connectivity index (χ1n) is 8.08. The molecule has 2 aliphatic rings. The molecule has 2 aliphatic heterocycles. The van der Waals surface area contributed by atoms with Crippen molar-refractivity contribution in [2.45, 2.75) is 64.1 Å². The average Bonchev–Trinajstić information content (AvgIpc) is 2.96. The lowest BCUT2D eigenvalue weighted by Crippen LogP contribution is -2.45. The molecule has 2 fully saturated rings. The van der Waals surface area contributed by atoms with Crippen LogP contribution in [0.25, 0.3) is 0 Å². The number of hydrogen-bond donors (Lipinski definition) is 2. The van der Waals surface area contributed by atoms with Gasteiger partial charge in [-0.05, 0) is 46.1 Å². The molecule has 3 unspecified atom stereocenters. The van der Waals surface area contributed by atoms with Crippen LogP contribution in [-0.4, -0.2) is 55.3 Å². The summed E-state index contributed by atoms with van der Waals surface area (Å²) in [6, 6.07) is 1.14. The molecule has 0 saturated carbocycles. The molecule has 0 bridgehead atoms. The van der Waals surface area contributed by atoms with Gasteiger partial charge in [-0.2, -0.15) is 0 Å². The van der Waals surface area contributed by atoms with Crippen molar-refractivity contribution in [1.82, 2.24) is 10.2 Å². The molecule has 0 aromatic rings. The van der Waals surface area contributed by atoms with E-state index in [1.165, 1.54) is 25.8 Å². The van der Waals surface area contributed by atoms with Crippen molar-refractivity contribution < 1.29 is 4.74 Å². The van der Waals surface area contributed by atoms with Gasteiger partial charge in [0.05, 0.1) is 12.6 Å². The minimum atomic E-state index is 0.309. The van der Waals surface area contributed by atoms with E-state index in [1.807, 2.05) is 0 Å². The third-order valence-corrected chi connectivity index (χ3v) is 4.48. The van der Waals surface area contributed by atoms with Crippen LogP contribution in [-0.2, 0) is 4.74 Å². The van der Waals surface area contributed by atoms with Gasteiger partial charge in [-0.1, -0.05) is 6.42 Å². The molecule has 0 amide bonds. The summed E-state index contributed by atoms with van der Waals surface area (Å²) in [5.74, 6) is 0.553. The van der Waals surface area contributed by atoms with Gasteiger partial charge in [0.25, 0.3) is 0 Å². The highest BCUT2D eigenvalue weighted by Gasteiger charge is 2.22. The van der Waals surface area contributed by atoms with Crippen molar-refractivity contribution >= 4 is 5.96 Å². The van der Waals surface area contributed by atoms with Crippen molar-refractivity contribution in [2.24, 2.45) is 10.7 Å². The quantitative estimate of drug-likeness (QED) is 0.590. The molecule has 5 heteroatoms. The molecule has 0 aliphatic carbocycles. The van der Waals surface area contributed by atoms with E-state index in [2.05, 4.69) is 29.1 Å². The normalized spacial score (nSPS) is 30.4. The summed E-state index contributed by atoms with van der Waals surface area (Å²) in [5, 5.41) is 3.18. The Kier molecular flexibility index (Phi) is 6.10. The second-order valence-corrected chi connectivity index (χ2v) is 6.17. The number of guanidine groups is 1. The Hall–Kier alpha value is -0.810. The standard InChI is InChI=1S/C15H30N4O/c1-12-6-3-4-8-19(12)13(2)10-17-15(16)18-11-14-7-5-9-20-14/h12-14H,3-11H2,1-2H3,(H3,16,17,18). The number of nitrogens with two attached hydrogens (primary N) is 1. The highest BCUT2D eigenvalue weighted by molar-refractivity contribution is 5.77. The summed E-state index contributed by atoms with van der Waals surface area (Å²) < 4.78 is 5.56. The van der Waals surface area contributed by atoms with Crippen molar-refractivity contribution in [2.75, 3.05) is 26.2 Å². The Bertz CT molecular complexity index is 315. The van der Waals surface area contributed by atoms with Gasteiger partial charge in [0, 0.05) is 25.2 Å². The van der Waals surface area contributed by atoms with Crippen molar-refractivity contribution in [3.05, 3.63) is 0 Å². The van der Waals surface area contributed by atoms with Crippen LogP contribution in [0, 0.1) is 0 Å². The Morgan fingerprint density at radius 1 is 1.40 bits per heavy atom. The number of nitrogens with one attached hydrogen (secondary N) is 1. The predicted octanol–water partition coefficient (Wildman–Crippen LogP) is 1.33. The maximum Gasteiger partial charge on any atom is 0.188 e. The maximum absolute atomic E-state index is 5.93. The molecule has 2 heterocycles. The Labute approximate surface area is 122 Å². The summed E-state index contributed by atoms with van der Waals surface area (Å²) in [7, 11) is 0. The molecular formula is C15H30N4O. The van der Waals surface area contributed by atoms with E-state index in [0.29, 0.717) is 24.1 Å². The SMILES string of the molecule is CC1CCCCN1C(C)CN=C(N)NCC1CCCO1. The minimum Gasteiger partial charge on any atom is -0.376 e. The minimum absolute atomic E-state index is 0.309. The van der Waals surface area contributed by atoms with Gasteiger partial charge in [-0.25, -0.2) is 0 Å². The Morgan fingerprint density at radius 3 is 2.95 bits per heavy atom. The van der Waals surface area contributed by atoms with E-state index in [9.17, 15) is 0 Å². The fraction of sp³-hybridized carbons (Fsp3) is 0.933. The smallest absolute Gasteiger partial charge is 0.188 e. The Morgan fingerprint density at radius 2 is 2.25 bits per heavy atom. The van der Waals surface area contributed by atoms with E-state index in [1.54, 1.807) is 0 Å². The van der Waals surface area contributed by atoms with Crippen LogP contribution >= 0.6 is 0 Å². The molecule has 2 saturated heterocycles. The lowest BCUT2D eigenvalue weighted by Gasteiger charge is -2.37. The van der Waals surface area contributed by atoms with Crippen LogP contribution in [0.1, 0.15) is 46.0 Å². The van der Waals surface area contributed by atoms with Gasteiger partial charge in [-0.3, -0.25) is 9.89 Å². The van der Waals surface area contributed by atoms with Crippen LogP contribution in [0.15, 0.2) is 4.99 Å². The van der Waals surface area contributed by atoms with Crippen LogP contribution in [0.2, 0.25) is 0 Å². The lowest BCUT2D eigenvalue weighted by atomic mass is 10.0. The van der Waals surface area contributed by atoms with Crippen LogP contribution in [0.5, 0.6) is 0 Å². The zero-order chi connectivity index (χ0) is 14.4. The van der Waals surface area contributed by atoms with Crippen LogP contribution in [0.4, 0.5) is 0 Å². The van der Waals surface area contributed by atoms with Gasteiger partial charge < -0.3 is 15.8 Å². The van der Waals surface area contributed by atoms with E-state index < -0.39 is 0 Å². The molecule has 20 heavy (non-hydrogen) atoms. The molecule has 5 nitrogen and oxygen atoms in total. The number of likely N-dealkylation sites (tertiary alicyclic amines) is 1. The number of piperidine rings is 1. The highest BCUT2D eigenvalue weighted by Crippen LogP contribution is 2.19. The molecule has 3 atom stereocenters. The monoisotopic (exact) mass is 282 g/mol. The van der Waals surface area contributed by atoms with E-state index in [0.717, 1.165) is 32.5 Å². The van der Waals surface area contributed by atoms with Gasteiger partial charge in [0.15, 0.2) is 5.96 Å². The fourth-order valence-electron chi connectivity index (χ4n) is 3.19. The molecule has 0 aromatic heterocycles. The summed E-state index contributed by atoms with van der Waals surface area (Å²) in [5.41, 5.74) is 5.93. The second-order valence-electron chi connectivity index (χ2n) is 6.17. The summed E-state index contributed by atoms with van der Waals surface area (Å²) in [6.45, 7) is 8.20. The second kappa shape index (κ2) is 7.84.